The molecule has 0 saturated carbocycles. The van der Waals surface area contributed by atoms with Crippen molar-refractivity contribution in [2.45, 2.75) is 39.3 Å². The lowest BCUT2D eigenvalue weighted by Crippen LogP contribution is -2.43. The van der Waals surface area contributed by atoms with Crippen LogP contribution in [0.5, 0.6) is 0 Å². The van der Waals surface area contributed by atoms with E-state index in [1.54, 1.807) is 41.3 Å². The van der Waals surface area contributed by atoms with Gasteiger partial charge in [-0.1, -0.05) is 24.6 Å². The van der Waals surface area contributed by atoms with Crippen LogP contribution in [0.25, 0.3) is 0 Å². The smallest absolute Gasteiger partial charge is 0.475 e. The lowest BCUT2D eigenvalue weighted by Gasteiger charge is -2.31. The summed E-state index contributed by atoms with van der Waals surface area (Å²) < 4.78 is 31.7. The molecule has 37 heavy (non-hydrogen) atoms. The van der Waals surface area contributed by atoms with E-state index in [1.807, 2.05) is 26.0 Å². The topological polar surface area (TPSA) is 116 Å². The highest BCUT2D eigenvalue weighted by Gasteiger charge is 2.38. The second-order valence-corrected chi connectivity index (χ2v) is 8.56. The van der Waals surface area contributed by atoms with Gasteiger partial charge in [0.05, 0.1) is 0 Å². The lowest BCUT2D eigenvalue weighted by molar-refractivity contribution is -0.192. The van der Waals surface area contributed by atoms with Crippen molar-refractivity contribution in [2.75, 3.05) is 25.0 Å². The number of piperidine rings is 1. The van der Waals surface area contributed by atoms with Crippen LogP contribution in [0.3, 0.4) is 0 Å². The summed E-state index contributed by atoms with van der Waals surface area (Å²) in [4.78, 5) is 47.9. The van der Waals surface area contributed by atoms with E-state index >= 15 is 0 Å². The Morgan fingerprint density at radius 2 is 1.46 bits per heavy atom. The number of likely N-dealkylation sites (tertiary alicyclic amines) is 1. The summed E-state index contributed by atoms with van der Waals surface area (Å²) in [7, 11) is 0. The molecule has 1 aliphatic heterocycles. The van der Waals surface area contributed by atoms with Crippen LogP contribution in [0.1, 0.15) is 52.5 Å². The summed E-state index contributed by atoms with van der Waals surface area (Å²) in [5.41, 5.74) is 2.91. The van der Waals surface area contributed by atoms with Gasteiger partial charge in [-0.2, -0.15) is 13.2 Å². The predicted molar refractivity (Wildman–Crippen MR) is 131 cm³/mol. The molecule has 0 aliphatic carbocycles. The van der Waals surface area contributed by atoms with E-state index in [-0.39, 0.29) is 23.6 Å². The molecule has 1 aliphatic rings. The number of aryl methyl sites for hydroxylation is 1. The molecule has 0 radical (unpaired) electrons. The summed E-state index contributed by atoms with van der Waals surface area (Å²) in [6, 6.07) is 14.3. The summed E-state index contributed by atoms with van der Waals surface area (Å²) >= 11 is 0. The molecular weight excluding hydrogens is 491 g/mol. The van der Waals surface area contributed by atoms with E-state index < -0.39 is 12.1 Å². The fourth-order valence-electron chi connectivity index (χ4n) is 3.52. The van der Waals surface area contributed by atoms with E-state index in [1.165, 1.54) is 0 Å². The number of hydrogen-bond donors (Lipinski definition) is 3. The van der Waals surface area contributed by atoms with Crippen molar-refractivity contribution in [3.8, 4) is 0 Å². The minimum Gasteiger partial charge on any atom is -0.475 e. The van der Waals surface area contributed by atoms with Crippen molar-refractivity contribution in [2.24, 2.45) is 5.92 Å². The maximum atomic E-state index is 12.8. The molecule has 0 aromatic heterocycles. The van der Waals surface area contributed by atoms with E-state index in [0.717, 1.165) is 12.0 Å². The molecule has 0 unspecified atom stereocenters. The number of carbonyl (C=O) groups excluding carboxylic acids is 3. The number of carbonyl (C=O) groups is 4. The summed E-state index contributed by atoms with van der Waals surface area (Å²) in [6.45, 7) is 5.86. The third kappa shape index (κ3) is 9.25. The average molecular weight is 522 g/mol. The Morgan fingerprint density at radius 1 is 0.946 bits per heavy atom. The number of carboxylic acid groups (broad SMARTS) is 1. The molecule has 11 heteroatoms. The van der Waals surface area contributed by atoms with Gasteiger partial charge >= 0.3 is 12.1 Å². The molecule has 2 aromatic carbocycles. The van der Waals surface area contributed by atoms with Crippen molar-refractivity contribution < 1.29 is 37.5 Å². The van der Waals surface area contributed by atoms with Crippen molar-refractivity contribution in [3.63, 3.8) is 0 Å². The molecule has 200 valence electrons. The number of anilines is 1. The Morgan fingerprint density at radius 3 is 1.95 bits per heavy atom. The Balaban J connectivity index is 0.000000604. The Labute approximate surface area is 212 Å². The molecule has 1 fully saturated rings. The summed E-state index contributed by atoms with van der Waals surface area (Å²) in [5.74, 6) is -2.90. The molecule has 0 atom stereocenters. The highest BCUT2D eigenvalue weighted by atomic mass is 19.4. The molecule has 0 bridgehead atoms. The van der Waals surface area contributed by atoms with Crippen molar-refractivity contribution in [1.82, 2.24) is 10.2 Å². The largest absolute Gasteiger partial charge is 0.490 e. The van der Waals surface area contributed by atoms with Crippen LogP contribution in [0.15, 0.2) is 48.5 Å². The van der Waals surface area contributed by atoms with E-state index in [9.17, 15) is 27.6 Å². The normalized spacial score (nSPS) is 13.7. The Hall–Kier alpha value is -3.89. The zero-order valence-corrected chi connectivity index (χ0v) is 20.6. The second-order valence-electron chi connectivity index (χ2n) is 8.56. The van der Waals surface area contributed by atoms with Gasteiger partial charge in [0.2, 0.25) is 5.91 Å². The number of nitrogens with zero attached hydrogens (tertiary/aromatic N) is 1. The number of nitrogens with one attached hydrogen (secondary N) is 2. The van der Waals surface area contributed by atoms with Gasteiger partial charge in [-0.15, -0.1) is 0 Å². The average Bonchev–Trinajstić information content (AvgIpc) is 2.87. The lowest BCUT2D eigenvalue weighted by atomic mass is 9.95. The highest BCUT2D eigenvalue weighted by molar-refractivity contribution is 6.04. The van der Waals surface area contributed by atoms with Gasteiger partial charge in [0, 0.05) is 42.4 Å². The van der Waals surface area contributed by atoms with Crippen LogP contribution < -0.4 is 10.6 Å². The Kier molecular flexibility index (Phi) is 10.6. The zero-order valence-electron chi connectivity index (χ0n) is 20.6. The summed E-state index contributed by atoms with van der Waals surface area (Å²) in [6.07, 6.45) is -2.79. The molecule has 3 amide bonds. The first-order chi connectivity index (χ1) is 17.4. The third-order valence-corrected chi connectivity index (χ3v) is 5.65. The van der Waals surface area contributed by atoms with Gasteiger partial charge < -0.3 is 20.6 Å². The number of aliphatic carboxylic acids is 1. The fourth-order valence-corrected chi connectivity index (χ4v) is 3.52. The monoisotopic (exact) mass is 521 g/mol. The first-order valence-electron chi connectivity index (χ1n) is 11.8. The van der Waals surface area contributed by atoms with E-state index in [4.69, 9.17) is 9.90 Å². The van der Waals surface area contributed by atoms with Gasteiger partial charge in [0.15, 0.2) is 0 Å². The second kappa shape index (κ2) is 13.4. The molecule has 0 spiro atoms. The highest BCUT2D eigenvalue weighted by Crippen LogP contribution is 2.20. The maximum Gasteiger partial charge on any atom is 0.490 e. The predicted octanol–water partition coefficient (Wildman–Crippen LogP) is 4.26. The third-order valence-electron chi connectivity index (χ3n) is 5.65. The van der Waals surface area contributed by atoms with Gasteiger partial charge in [0.25, 0.3) is 11.8 Å². The molecular formula is C26H30F3N3O5. The number of carboxylic acids is 1. The maximum absolute atomic E-state index is 12.8. The van der Waals surface area contributed by atoms with Gasteiger partial charge in [-0.25, -0.2) is 4.79 Å². The van der Waals surface area contributed by atoms with Crippen molar-refractivity contribution >= 4 is 29.4 Å². The van der Waals surface area contributed by atoms with Gasteiger partial charge in [-0.05, 0) is 62.6 Å². The van der Waals surface area contributed by atoms with Crippen LogP contribution in [-0.2, 0) is 9.59 Å². The van der Waals surface area contributed by atoms with Crippen LogP contribution in [-0.4, -0.2) is 59.5 Å². The molecule has 3 rings (SSSR count). The molecule has 2 aromatic rings. The van der Waals surface area contributed by atoms with Crippen LogP contribution >= 0.6 is 0 Å². The fraction of sp³-hybridized carbons (Fsp3) is 0.385. The SMILES string of the molecule is CCCNC(=O)C1CCN(C(=O)c2ccc(NC(=O)c3ccc(C)cc3)cc2)CC1.O=C(O)C(F)(F)F. The van der Waals surface area contributed by atoms with Crippen molar-refractivity contribution in [1.29, 1.82) is 0 Å². The van der Waals surface area contributed by atoms with Crippen molar-refractivity contribution in [3.05, 3.63) is 65.2 Å². The quantitative estimate of drug-likeness (QED) is 0.526. The van der Waals surface area contributed by atoms with Crippen LogP contribution in [0.4, 0.5) is 18.9 Å². The minimum absolute atomic E-state index is 0.0139. The van der Waals surface area contributed by atoms with Gasteiger partial charge in [-0.3, -0.25) is 14.4 Å². The molecule has 1 saturated heterocycles. The molecule has 3 N–H and O–H groups in total. The molecule has 1 heterocycles. The van der Waals surface area contributed by atoms with Crippen LogP contribution in [0, 0.1) is 12.8 Å². The van der Waals surface area contributed by atoms with E-state index in [2.05, 4.69) is 10.6 Å². The number of halogens is 3. The molecule has 8 nitrogen and oxygen atoms in total. The minimum atomic E-state index is -5.08. The first-order valence-corrected chi connectivity index (χ1v) is 11.8. The number of alkyl halides is 3. The summed E-state index contributed by atoms with van der Waals surface area (Å²) in [5, 5.41) is 12.9. The standard InChI is InChI=1S/C24H29N3O3.C2HF3O2/c1-3-14-25-22(28)19-12-15-27(16-13-19)24(30)20-8-10-21(11-9-20)26-23(29)18-6-4-17(2)5-7-18;3-2(4,5)1(6)7/h4-11,19H,3,12-16H2,1-2H3,(H,25,28)(H,26,29);(H,6,7). The Bertz CT molecular complexity index is 1080. The van der Waals surface area contributed by atoms with Crippen LogP contribution in [0.2, 0.25) is 0 Å². The number of benzene rings is 2. The number of amides is 3. The van der Waals surface area contributed by atoms with Gasteiger partial charge in [0.1, 0.15) is 0 Å². The first kappa shape index (κ1) is 29.3. The zero-order chi connectivity index (χ0) is 27.6. The van der Waals surface area contributed by atoms with E-state index in [0.29, 0.717) is 49.3 Å². The number of rotatable bonds is 6. The number of hydrogen-bond acceptors (Lipinski definition) is 4.